The number of halogens is 1. The number of benzene rings is 2. The number of hydrogen-bond acceptors (Lipinski definition) is 5. The molecule has 2 aliphatic rings. The average Bonchev–Trinajstić information content (AvgIpc) is 3.39. The van der Waals surface area contributed by atoms with Crippen LogP contribution in [0.1, 0.15) is 31.2 Å². The van der Waals surface area contributed by atoms with Gasteiger partial charge in [0.25, 0.3) is 0 Å². The Kier molecular flexibility index (Phi) is 7.63. The summed E-state index contributed by atoms with van der Waals surface area (Å²) in [5, 5.41) is 3.32. The van der Waals surface area contributed by atoms with E-state index in [4.69, 9.17) is 11.6 Å². The van der Waals surface area contributed by atoms with Crippen molar-refractivity contribution in [3.63, 3.8) is 0 Å². The van der Waals surface area contributed by atoms with Crippen LogP contribution in [-0.4, -0.2) is 57.5 Å². The number of hydrogen-bond donors (Lipinski definition) is 1. The lowest BCUT2D eigenvalue weighted by molar-refractivity contribution is -0.126. The van der Waals surface area contributed by atoms with Crippen molar-refractivity contribution >= 4 is 37.6 Å². The zero-order valence-electron chi connectivity index (χ0n) is 18.7. The molecule has 1 N–H and O–H groups in total. The van der Waals surface area contributed by atoms with Crippen LogP contribution in [0.5, 0.6) is 0 Å². The Morgan fingerprint density at radius 3 is 1.97 bits per heavy atom. The average molecular weight is 526 g/mol. The molecule has 0 bridgehead atoms. The Bertz CT molecular complexity index is 1230. The molecule has 2 saturated heterocycles. The van der Waals surface area contributed by atoms with Crippen LogP contribution in [-0.2, 0) is 31.4 Å². The fourth-order valence-electron chi connectivity index (χ4n) is 4.32. The van der Waals surface area contributed by atoms with Crippen LogP contribution in [0.3, 0.4) is 0 Å². The van der Waals surface area contributed by atoms with Gasteiger partial charge < -0.3 is 5.32 Å². The molecule has 0 aliphatic carbocycles. The highest BCUT2D eigenvalue weighted by atomic mass is 35.5. The van der Waals surface area contributed by atoms with E-state index >= 15 is 0 Å². The molecule has 1 amide bonds. The van der Waals surface area contributed by atoms with Gasteiger partial charge in [-0.15, -0.1) is 0 Å². The fraction of sp³-hybridized carbons (Fsp3) is 0.435. The van der Waals surface area contributed by atoms with Gasteiger partial charge in [-0.1, -0.05) is 23.7 Å². The van der Waals surface area contributed by atoms with Gasteiger partial charge in [-0.25, -0.2) is 16.8 Å². The molecule has 0 radical (unpaired) electrons. The second-order valence-corrected chi connectivity index (χ2v) is 12.9. The summed E-state index contributed by atoms with van der Waals surface area (Å²) in [5.41, 5.74) is 0.773. The van der Waals surface area contributed by atoms with E-state index in [9.17, 15) is 21.6 Å². The number of carbonyl (C=O) groups excluding carboxylic acids is 1. The smallest absolute Gasteiger partial charge is 0.243 e. The number of carbonyl (C=O) groups is 1. The molecule has 184 valence electrons. The second kappa shape index (κ2) is 10.3. The molecule has 1 atom stereocenters. The van der Waals surface area contributed by atoms with Crippen LogP contribution in [0.4, 0.5) is 0 Å². The van der Waals surface area contributed by atoms with Gasteiger partial charge in [0.15, 0.2) is 0 Å². The summed E-state index contributed by atoms with van der Waals surface area (Å²) in [4.78, 5) is 13.2. The van der Waals surface area contributed by atoms with Crippen molar-refractivity contribution in [1.82, 2.24) is 13.9 Å². The summed E-state index contributed by atoms with van der Waals surface area (Å²) in [6.07, 6.45) is 2.95. The number of piperidine rings is 1. The van der Waals surface area contributed by atoms with Crippen LogP contribution in [0.15, 0.2) is 58.3 Å². The van der Waals surface area contributed by atoms with Gasteiger partial charge in [0.05, 0.1) is 15.7 Å². The molecular formula is C23H28ClN3O5S2. The standard InChI is InChI=1S/C23H28ClN3O5S2/c24-20-7-11-22(12-8-20)34(31,32)27-15-3-4-19(17-27)23(28)25-16-18-5-9-21(10-6-18)33(29,30)26-13-1-2-14-26/h5-12,19H,1-4,13-17H2,(H,25,28)/t19-/m0/s1. The summed E-state index contributed by atoms with van der Waals surface area (Å²) in [7, 11) is -7.18. The van der Waals surface area contributed by atoms with Crippen molar-refractivity contribution in [2.45, 2.75) is 42.0 Å². The summed E-state index contributed by atoms with van der Waals surface area (Å²) in [6, 6.07) is 12.5. The molecule has 2 heterocycles. The van der Waals surface area contributed by atoms with Gasteiger partial charge in [-0.2, -0.15) is 8.61 Å². The monoisotopic (exact) mass is 525 g/mol. The fourth-order valence-corrected chi connectivity index (χ4v) is 7.49. The lowest BCUT2D eigenvalue weighted by Crippen LogP contribution is -2.45. The van der Waals surface area contributed by atoms with Gasteiger partial charge in [-0.05, 0) is 67.6 Å². The SMILES string of the molecule is O=C(NCc1ccc(S(=O)(=O)N2CCCC2)cc1)[C@H]1CCCN(S(=O)(=O)c2ccc(Cl)cc2)C1. The maximum absolute atomic E-state index is 13.0. The molecule has 2 fully saturated rings. The minimum Gasteiger partial charge on any atom is -0.352 e. The van der Waals surface area contributed by atoms with Crippen LogP contribution in [0.2, 0.25) is 5.02 Å². The van der Waals surface area contributed by atoms with E-state index in [1.165, 1.54) is 32.9 Å². The lowest BCUT2D eigenvalue weighted by Gasteiger charge is -2.31. The van der Waals surface area contributed by atoms with E-state index in [0.29, 0.717) is 37.5 Å². The molecule has 2 aromatic rings. The first kappa shape index (κ1) is 25.1. The Hall–Kier alpha value is -1.98. The highest BCUT2D eigenvalue weighted by Gasteiger charge is 2.33. The quantitative estimate of drug-likeness (QED) is 0.598. The summed E-state index contributed by atoms with van der Waals surface area (Å²) in [6.45, 7) is 1.81. The van der Waals surface area contributed by atoms with Gasteiger partial charge >= 0.3 is 0 Å². The summed E-state index contributed by atoms with van der Waals surface area (Å²) in [5.74, 6) is -0.671. The maximum atomic E-state index is 13.0. The van der Waals surface area contributed by atoms with E-state index in [1.807, 2.05) is 0 Å². The van der Waals surface area contributed by atoms with Crippen molar-refractivity contribution in [3.8, 4) is 0 Å². The second-order valence-electron chi connectivity index (χ2n) is 8.63. The van der Waals surface area contributed by atoms with Crippen molar-refractivity contribution in [1.29, 1.82) is 0 Å². The first-order chi connectivity index (χ1) is 16.2. The number of rotatable bonds is 7. The lowest BCUT2D eigenvalue weighted by atomic mass is 9.99. The van der Waals surface area contributed by atoms with E-state index in [1.54, 1.807) is 24.3 Å². The third-order valence-corrected chi connectivity index (χ3v) is 10.3. The Morgan fingerprint density at radius 2 is 1.35 bits per heavy atom. The molecule has 0 spiro atoms. The maximum Gasteiger partial charge on any atom is 0.243 e. The van der Waals surface area contributed by atoms with Crippen LogP contribution in [0, 0.1) is 5.92 Å². The molecule has 34 heavy (non-hydrogen) atoms. The van der Waals surface area contributed by atoms with Crippen molar-refractivity contribution < 1.29 is 21.6 Å². The Labute approximate surface area is 206 Å². The van der Waals surface area contributed by atoms with E-state index < -0.39 is 26.0 Å². The zero-order valence-corrected chi connectivity index (χ0v) is 21.1. The number of nitrogens with zero attached hydrogens (tertiary/aromatic N) is 2. The van der Waals surface area contributed by atoms with Crippen molar-refractivity contribution in [2.24, 2.45) is 5.92 Å². The van der Waals surface area contributed by atoms with E-state index in [0.717, 1.165) is 18.4 Å². The predicted molar refractivity (Wildman–Crippen MR) is 129 cm³/mol. The molecule has 8 nitrogen and oxygen atoms in total. The van der Waals surface area contributed by atoms with Gasteiger partial charge in [-0.3, -0.25) is 4.79 Å². The molecular weight excluding hydrogens is 498 g/mol. The minimum absolute atomic E-state index is 0.115. The minimum atomic E-state index is -3.70. The predicted octanol–water partition coefficient (Wildman–Crippen LogP) is 2.84. The summed E-state index contributed by atoms with van der Waals surface area (Å²) < 4.78 is 54.0. The Morgan fingerprint density at radius 1 is 0.824 bits per heavy atom. The first-order valence-corrected chi connectivity index (χ1v) is 14.6. The molecule has 4 rings (SSSR count). The van der Waals surface area contributed by atoms with Crippen molar-refractivity contribution in [3.05, 3.63) is 59.1 Å². The van der Waals surface area contributed by atoms with Crippen LogP contribution in [0.25, 0.3) is 0 Å². The number of nitrogens with one attached hydrogen (secondary N) is 1. The van der Waals surface area contributed by atoms with Gasteiger partial charge in [0.2, 0.25) is 26.0 Å². The normalized spacial score (nSPS) is 20.3. The molecule has 0 saturated carbocycles. The summed E-state index contributed by atoms with van der Waals surface area (Å²) >= 11 is 5.86. The molecule has 0 unspecified atom stereocenters. The zero-order chi connectivity index (χ0) is 24.3. The molecule has 11 heteroatoms. The van der Waals surface area contributed by atoms with E-state index in [2.05, 4.69) is 5.32 Å². The molecule has 0 aromatic heterocycles. The van der Waals surface area contributed by atoms with Gasteiger partial charge in [0, 0.05) is 37.7 Å². The van der Waals surface area contributed by atoms with Crippen LogP contribution >= 0.6 is 11.6 Å². The topological polar surface area (TPSA) is 104 Å². The third-order valence-electron chi connectivity index (χ3n) is 6.30. The number of sulfonamides is 2. The highest BCUT2D eigenvalue weighted by Crippen LogP contribution is 2.25. The molecule has 2 aliphatic heterocycles. The highest BCUT2D eigenvalue weighted by molar-refractivity contribution is 7.89. The third kappa shape index (κ3) is 5.46. The molecule has 2 aromatic carbocycles. The van der Waals surface area contributed by atoms with E-state index in [-0.39, 0.29) is 28.8 Å². The number of amides is 1. The van der Waals surface area contributed by atoms with Crippen LogP contribution < -0.4 is 5.32 Å². The first-order valence-electron chi connectivity index (χ1n) is 11.3. The Balaban J connectivity index is 1.35. The largest absolute Gasteiger partial charge is 0.352 e. The van der Waals surface area contributed by atoms with Gasteiger partial charge in [0.1, 0.15) is 0 Å². The van der Waals surface area contributed by atoms with Crippen molar-refractivity contribution in [2.75, 3.05) is 26.2 Å².